The van der Waals surface area contributed by atoms with E-state index in [1.165, 1.54) is 36.0 Å². The summed E-state index contributed by atoms with van der Waals surface area (Å²) in [4.78, 5) is 12.7. The van der Waals surface area contributed by atoms with Crippen LogP contribution in [0.25, 0.3) is 6.08 Å². The third-order valence-corrected chi connectivity index (χ3v) is 5.51. The fourth-order valence-electron chi connectivity index (χ4n) is 3.70. The van der Waals surface area contributed by atoms with E-state index in [0.717, 1.165) is 12.0 Å². The van der Waals surface area contributed by atoms with Gasteiger partial charge in [-0.05, 0) is 85.4 Å². The summed E-state index contributed by atoms with van der Waals surface area (Å²) in [5.74, 6) is 1.12. The lowest BCUT2D eigenvalue weighted by atomic mass is 9.95. The van der Waals surface area contributed by atoms with E-state index in [2.05, 4.69) is 32.9 Å². The first-order valence-corrected chi connectivity index (χ1v) is 11.1. The van der Waals surface area contributed by atoms with Crippen LogP contribution in [0.4, 0.5) is 11.4 Å². The van der Waals surface area contributed by atoms with Crippen LogP contribution < -0.4 is 16.2 Å². The van der Waals surface area contributed by atoms with Crippen LogP contribution in [0.3, 0.4) is 0 Å². The van der Waals surface area contributed by atoms with Crippen LogP contribution >= 0.6 is 0 Å². The van der Waals surface area contributed by atoms with Gasteiger partial charge in [0.1, 0.15) is 11.5 Å². The number of hydrogen-bond donors (Lipinski definition) is 2. The predicted molar refractivity (Wildman–Crippen MR) is 134 cm³/mol. The topological polar surface area (TPSA) is 78.3 Å². The molecule has 0 atom stereocenters. The average molecular weight is 429 g/mol. The molecule has 4 nitrogen and oxygen atoms in total. The number of carbonyl (C=O) groups excluding carboxylic acids is 1. The van der Waals surface area contributed by atoms with Crippen LogP contribution in [0.5, 0.6) is 11.5 Å². The molecule has 0 aliphatic rings. The normalized spacial score (nSPS) is 11.1. The molecule has 166 valence electrons. The molecule has 0 heterocycles. The fraction of sp³-hybridized carbons (Fsp3) is 0.250. The minimum absolute atomic E-state index is 0.0474. The zero-order valence-corrected chi connectivity index (χ0v) is 19.2. The summed E-state index contributed by atoms with van der Waals surface area (Å²) in [5.41, 5.74) is 18.2. The van der Waals surface area contributed by atoms with Crippen molar-refractivity contribution in [2.24, 2.45) is 0 Å². The zero-order valence-electron chi connectivity index (χ0n) is 19.2. The van der Waals surface area contributed by atoms with Crippen LogP contribution in [0.15, 0.2) is 60.7 Å². The average Bonchev–Trinajstić information content (AvgIpc) is 2.74. The molecular formula is C28H32N2O2. The summed E-state index contributed by atoms with van der Waals surface area (Å²) in [6.45, 7) is 6.47. The number of aryl methyl sites for hydroxylation is 3. The second kappa shape index (κ2) is 10.7. The standard InChI is InChI=1S/C28H32N2O2/c1-4-5-6-7-22-14-20(3)23(15-19(22)2)10-13-28(31)21-8-11-26(12-9-21)32-27-17-24(29)16-25(30)18-27/h8-18H,4-7,29-30H2,1-3H3. The van der Waals surface area contributed by atoms with Gasteiger partial charge in [0.2, 0.25) is 0 Å². The lowest BCUT2D eigenvalue weighted by Crippen LogP contribution is -1.96. The summed E-state index contributed by atoms with van der Waals surface area (Å²) >= 11 is 0. The van der Waals surface area contributed by atoms with Crippen molar-refractivity contribution < 1.29 is 9.53 Å². The number of anilines is 2. The highest BCUT2D eigenvalue weighted by molar-refractivity contribution is 6.06. The number of carbonyl (C=O) groups is 1. The summed E-state index contributed by atoms with van der Waals surface area (Å²) in [6.07, 6.45) is 8.35. The van der Waals surface area contributed by atoms with E-state index >= 15 is 0 Å². The van der Waals surface area contributed by atoms with Crippen molar-refractivity contribution in [2.75, 3.05) is 11.5 Å². The van der Waals surface area contributed by atoms with E-state index in [1.54, 1.807) is 48.5 Å². The first kappa shape index (κ1) is 23.1. The van der Waals surface area contributed by atoms with Crippen molar-refractivity contribution in [2.45, 2.75) is 46.5 Å². The third-order valence-electron chi connectivity index (χ3n) is 5.51. The molecule has 0 spiro atoms. The maximum Gasteiger partial charge on any atom is 0.185 e. The van der Waals surface area contributed by atoms with Crippen LogP contribution in [0.1, 0.15) is 58.8 Å². The van der Waals surface area contributed by atoms with E-state index in [9.17, 15) is 4.79 Å². The number of ether oxygens (including phenoxy) is 1. The molecular weight excluding hydrogens is 396 g/mol. The molecule has 0 aromatic heterocycles. The zero-order chi connectivity index (χ0) is 23.1. The highest BCUT2D eigenvalue weighted by atomic mass is 16.5. The van der Waals surface area contributed by atoms with E-state index in [-0.39, 0.29) is 5.78 Å². The van der Waals surface area contributed by atoms with Gasteiger partial charge in [-0.1, -0.05) is 38.0 Å². The molecule has 0 fully saturated rings. The Morgan fingerprint density at radius 3 is 2.22 bits per heavy atom. The second-order valence-corrected chi connectivity index (χ2v) is 8.25. The highest BCUT2D eigenvalue weighted by Gasteiger charge is 2.06. The number of hydrogen-bond acceptors (Lipinski definition) is 4. The molecule has 0 aliphatic carbocycles. The SMILES string of the molecule is CCCCCc1cc(C)c(C=CC(=O)c2ccc(Oc3cc(N)cc(N)c3)cc2)cc1C. The molecule has 0 amide bonds. The first-order chi connectivity index (χ1) is 15.4. The van der Waals surface area contributed by atoms with Crippen molar-refractivity contribution in [1.82, 2.24) is 0 Å². The monoisotopic (exact) mass is 428 g/mol. The minimum Gasteiger partial charge on any atom is -0.457 e. The quantitative estimate of drug-likeness (QED) is 0.168. The lowest BCUT2D eigenvalue weighted by Gasteiger charge is -2.10. The van der Waals surface area contributed by atoms with Crippen LogP contribution in [-0.2, 0) is 6.42 Å². The Morgan fingerprint density at radius 2 is 1.56 bits per heavy atom. The van der Waals surface area contributed by atoms with Gasteiger partial charge in [0.15, 0.2) is 5.78 Å². The molecule has 0 saturated heterocycles. The van der Waals surface area contributed by atoms with Crippen molar-refractivity contribution in [1.29, 1.82) is 0 Å². The van der Waals surface area contributed by atoms with Crippen LogP contribution in [0, 0.1) is 13.8 Å². The lowest BCUT2D eigenvalue weighted by molar-refractivity contribution is 0.104. The number of unbranched alkanes of at least 4 members (excludes halogenated alkanes) is 2. The summed E-state index contributed by atoms with van der Waals surface area (Å²) in [6, 6.07) is 16.6. The van der Waals surface area contributed by atoms with Gasteiger partial charge in [0, 0.05) is 29.1 Å². The van der Waals surface area contributed by atoms with Crippen molar-refractivity contribution in [3.8, 4) is 11.5 Å². The molecule has 3 aromatic rings. The van der Waals surface area contributed by atoms with Gasteiger partial charge in [0.05, 0.1) is 0 Å². The summed E-state index contributed by atoms with van der Waals surface area (Å²) < 4.78 is 5.79. The summed E-state index contributed by atoms with van der Waals surface area (Å²) in [7, 11) is 0. The van der Waals surface area contributed by atoms with Crippen molar-refractivity contribution in [3.63, 3.8) is 0 Å². The Morgan fingerprint density at radius 1 is 0.875 bits per heavy atom. The minimum atomic E-state index is -0.0474. The first-order valence-electron chi connectivity index (χ1n) is 11.1. The molecule has 4 N–H and O–H groups in total. The summed E-state index contributed by atoms with van der Waals surface area (Å²) in [5, 5.41) is 0. The van der Waals surface area contributed by atoms with Gasteiger partial charge in [-0.25, -0.2) is 0 Å². The van der Waals surface area contributed by atoms with Gasteiger partial charge in [-0.3, -0.25) is 4.79 Å². The van der Waals surface area contributed by atoms with Crippen LogP contribution in [-0.4, -0.2) is 5.78 Å². The second-order valence-electron chi connectivity index (χ2n) is 8.25. The van der Waals surface area contributed by atoms with Crippen LogP contribution in [0.2, 0.25) is 0 Å². The largest absolute Gasteiger partial charge is 0.457 e. The Bertz CT molecular complexity index is 1090. The Kier molecular flexibility index (Phi) is 7.72. The fourth-order valence-corrected chi connectivity index (χ4v) is 3.70. The Labute approximate surface area is 190 Å². The number of rotatable bonds is 9. The predicted octanol–water partition coefficient (Wildman–Crippen LogP) is 6.89. The highest BCUT2D eigenvalue weighted by Crippen LogP contribution is 2.26. The number of allylic oxidation sites excluding steroid dienone is 1. The van der Waals surface area contributed by atoms with E-state index in [0.29, 0.717) is 28.4 Å². The van der Waals surface area contributed by atoms with Gasteiger partial charge in [-0.2, -0.15) is 0 Å². The van der Waals surface area contributed by atoms with E-state index in [1.807, 2.05) is 6.08 Å². The van der Waals surface area contributed by atoms with E-state index < -0.39 is 0 Å². The molecule has 4 heteroatoms. The maximum atomic E-state index is 12.7. The van der Waals surface area contributed by atoms with Crippen molar-refractivity contribution in [3.05, 3.63) is 88.5 Å². The van der Waals surface area contributed by atoms with Gasteiger partial charge in [-0.15, -0.1) is 0 Å². The number of nitrogens with two attached hydrogens (primary N) is 2. The van der Waals surface area contributed by atoms with Gasteiger partial charge in [0.25, 0.3) is 0 Å². The van der Waals surface area contributed by atoms with Gasteiger partial charge >= 0.3 is 0 Å². The Balaban J connectivity index is 1.67. The van der Waals surface area contributed by atoms with Gasteiger partial charge < -0.3 is 16.2 Å². The Hall–Kier alpha value is -3.53. The number of nitrogen functional groups attached to an aromatic ring is 2. The molecule has 0 radical (unpaired) electrons. The molecule has 0 bridgehead atoms. The molecule has 0 aliphatic heterocycles. The molecule has 3 aromatic carbocycles. The molecule has 0 unspecified atom stereocenters. The smallest absolute Gasteiger partial charge is 0.185 e. The maximum absolute atomic E-state index is 12.7. The van der Waals surface area contributed by atoms with Crippen molar-refractivity contribution >= 4 is 23.2 Å². The third kappa shape index (κ3) is 6.24. The molecule has 3 rings (SSSR count). The number of ketones is 1. The van der Waals surface area contributed by atoms with E-state index in [4.69, 9.17) is 16.2 Å². The molecule has 32 heavy (non-hydrogen) atoms. The number of benzene rings is 3. The molecule has 0 saturated carbocycles.